The highest BCUT2D eigenvalue weighted by molar-refractivity contribution is 9.10. The fraction of sp³-hybridized carbons (Fsp3) is 0.333. The second-order valence-corrected chi connectivity index (χ2v) is 8.68. The van der Waals surface area contributed by atoms with Gasteiger partial charge in [-0.3, -0.25) is 14.3 Å². The Labute approximate surface area is 176 Å². The Kier molecular flexibility index (Phi) is 4.89. The van der Waals surface area contributed by atoms with Gasteiger partial charge in [-0.25, -0.2) is 13.8 Å². The first-order valence-corrected chi connectivity index (χ1v) is 10.4. The van der Waals surface area contributed by atoms with Crippen molar-refractivity contribution in [2.45, 2.75) is 32.1 Å². The number of aryl methyl sites for hydroxylation is 2. The molecule has 3 aromatic heterocycles. The first-order valence-electron chi connectivity index (χ1n) is 8.74. The number of fused-ring (bicyclic) bond motifs is 1. The van der Waals surface area contributed by atoms with E-state index in [1.165, 1.54) is 10.7 Å². The van der Waals surface area contributed by atoms with E-state index in [4.69, 9.17) is 5.73 Å². The largest absolute Gasteiger partial charge is 0.365 e. The predicted molar refractivity (Wildman–Crippen MR) is 109 cm³/mol. The maximum Gasteiger partial charge on any atom is 0.280 e. The van der Waals surface area contributed by atoms with Gasteiger partial charge in [-0.1, -0.05) is 0 Å². The Bertz CT molecular complexity index is 1170. The van der Waals surface area contributed by atoms with Crippen molar-refractivity contribution >= 4 is 55.0 Å². The van der Waals surface area contributed by atoms with Crippen LogP contribution in [0.15, 0.2) is 10.5 Å². The predicted octanol–water partition coefficient (Wildman–Crippen LogP) is 4.27. The van der Waals surface area contributed by atoms with Crippen LogP contribution in [-0.2, 0) is 7.05 Å². The molecule has 11 heteroatoms. The molecule has 4 rings (SSSR count). The molecule has 29 heavy (non-hydrogen) atoms. The lowest BCUT2D eigenvalue weighted by Gasteiger charge is -2.10. The van der Waals surface area contributed by atoms with Gasteiger partial charge in [-0.15, -0.1) is 11.3 Å². The highest BCUT2D eigenvalue weighted by Crippen LogP contribution is 2.48. The Morgan fingerprint density at radius 2 is 2.10 bits per heavy atom. The molecule has 0 unspecified atom stereocenters. The summed E-state index contributed by atoms with van der Waals surface area (Å²) in [4.78, 5) is 29.4. The van der Waals surface area contributed by atoms with Crippen molar-refractivity contribution in [3.63, 3.8) is 0 Å². The van der Waals surface area contributed by atoms with Crippen molar-refractivity contribution in [2.75, 3.05) is 5.32 Å². The minimum absolute atomic E-state index is 0.0733. The monoisotopic (exact) mass is 483 g/mol. The lowest BCUT2D eigenvalue weighted by molar-refractivity contribution is 0.100. The van der Waals surface area contributed by atoms with Gasteiger partial charge in [0.05, 0.1) is 15.9 Å². The summed E-state index contributed by atoms with van der Waals surface area (Å²) in [6, 6.07) is 1.36. The van der Waals surface area contributed by atoms with Crippen molar-refractivity contribution in [3.05, 3.63) is 38.1 Å². The van der Waals surface area contributed by atoms with E-state index in [0.29, 0.717) is 21.1 Å². The van der Waals surface area contributed by atoms with Gasteiger partial charge in [0, 0.05) is 12.4 Å². The molecule has 1 fully saturated rings. The minimum atomic E-state index is -2.73. The van der Waals surface area contributed by atoms with E-state index in [-0.39, 0.29) is 32.7 Å². The molecule has 0 spiro atoms. The number of halogens is 3. The van der Waals surface area contributed by atoms with Crippen LogP contribution in [0.25, 0.3) is 10.2 Å². The van der Waals surface area contributed by atoms with Gasteiger partial charge in [-0.05, 0) is 53.2 Å². The number of hydrogen-bond donors (Lipinski definition) is 2. The number of rotatable bonds is 5. The molecule has 1 aliphatic rings. The molecular formula is C18H16BrF2N5O2S. The Hall–Kier alpha value is -2.40. The molecule has 3 heterocycles. The van der Waals surface area contributed by atoms with Gasteiger partial charge in [-0.2, -0.15) is 5.10 Å². The standard InChI is InChI=1S/C18H16BrF2N5O2S/c1-6-11(19)13(26(2)25-6)17(28)24-12-10-8(7-3-4-7)5-9(15(20)21)23-18(10)29-14(12)16(22)27/h5,7,15H,3-4H2,1-2H3,(H2,22,27)(H,24,28). The molecule has 152 valence electrons. The molecule has 0 aliphatic heterocycles. The number of thiophene rings is 1. The van der Waals surface area contributed by atoms with Crippen LogP contribution in [0.4, 0.5) is 14.5 Å². The highest BCUT2D eigenvalue weighted by Gasteiger charge is 2.32. The molecule has 1 aliphatic carbocycles. The van der Waals surface area contributed by atoms with Crippen LogP contribution in [-0.4, -0.2) is 26.6 Å². The van der Waals surface area contributed by atoms with E-state index in [2.05, 4.69) is 31.3 Å². The number of amides is 2. The molecule has 3 N–H and O–H groups in total. The molecule has 7 nitrogen and oxygen atoms in total. The molecule has 0 aromatic carbocycles. The zero-order chi connectivity index (χ0) is 21.0. The van der Waals surface area contributed by atoms with Crippen molar-refractivity contribution in [3.8, 4) is 0 Å². The van der Waals surface area contributed by atoms with Crippen LogP contribution in [0, 0.1) is 6.92 Å². The number of nitrogens with two attached hydrogens (primary N) is 1. The summed E-state index contributed by atoms with van der Waals surface area (Å²) in [6.07, 6.45) is -1.03. The van der Waals surface area contributed by atoms with Gasteiger partial charge in [0.2, 0.25) is 0 Å². The number of carbonyl (C=O) groups excluding carboxylic acids is 2. The third-order valence-corrected chi connectivity index (χ3v) is 6.83. The molecular weight excluding hydrogens is 468 g/mol. The second kappa shape index (κ2) is 7.13. The van der Waals surface area contributed by atoms with Crippen LogP contribution < -0.4 is 11.1 Å². The van der Waals surface area contributed by atoms with Crippen molar-refractivity contribution in [1.82, 2.24) is 14.8 Å². The topological polar surface area (TPSA) is 103 Å². The van der Waals surface area contributed by atoms with E-state index in [1.54, 1.807) is 14.0 Å². The molecule has 0 saturated heterocycles. The third kappa shape index (κ3) is 3.42. The van der Waals surface area contributed by atoms with E-state index in [1.807, 2.05) is 0 Å². The SMILES string of the molecule is Cc1nn(C)c(C(=O)Nc2c(C(N)=O)sc3nc(C(F)F)cc(C4CC4)c23)c1Br. The Morgan fingerprint density at radius 1 is 1.41 bits per heavy atom. The van der Waals surface area contributed by atoms with Crippen LogP contribution in [0.3, 0.4) is 0 Å². The second-order valence-electron chi connectivity index (χ2n) is 6.89. The molecule has 1 saturated carbocycles. The lowest BCUT2D eigenvalue weighted by atomic mass is 10.0. The summed E-state index contributed by atoms with van der Waals surface area (Å²) < 4.78 is 28.6. The van der Waals surface area contributed by atoms with Gasteiger partial charge in [0.15, 0.2) is 0 Å². The zero-order valence-electron chi connectivity index (χ0n) is 15.4. The molecule has 3 aromatic rings. The minimum Gasteiger partial charge on any atom is -0.365 e. The number of pyridine rings is 1. The zero-order valence-corrected chi connectivity index (χ0v) is 17.8. The van der Waals surface area contributed by atoms with Gasteiger partial charge >= 0.3 is 0 Å². The maximum absolute atomic E-state index is 13.3. The number of nitrogens with one attached hydrogen (secondary N) is 1. The fourth-order valence-corrected chi connectivity index (χ4v) is 4.86. The van der Waals surface area contributed by atoms with Gasteiger partial charge in [0.25, 0.3) is 18.2 Å². The number of nitrogens with zero attached hydrogens (tertiary/aromatic N) is 3. The van der Waals surface area contributed by atoms with E-state index in [9.17, 15) is 18.4 Å². The summed E-state index contributed by atoms with van der Waals surface area (Å²) in [5, 5.41) is 7.44. The molecule has 0 atom stereocenters. The van der Waals surface area contributed by atoms with Crippen LogP contribution in [0.2, 0.25) is 0 Å². The van der Waals surface area contributed by atoms with Crippen molar-refractivity contribution in [1.29, 1.82) is 0 Å². The summed E-state index contributed by atoms with van der Waals surface area (Å²) in [7, 11) is 1.62. The van der Waals surface area contributed by atoms with Crippen molar-refractivity contribution < 1.29 is 18.4 Å². The average molecular weight is 484 g/mol. The molecule has 0 radical (unpaired) electrons. The van der Waals surface area contributed by atoms with Gasteiger partial charge < -0.3 is 11.1 Å². The average Bonchev–Trinajstić information content (AvgIpc) is 3.37. The molecule has 0 bridgehead atoms. The first-order chi connectivity index (χ1) is 13.7. The van der Waals surface area contributed by atoms with Crippen molar-refractivity contribution in [2.24, 2.45) is 12.8 Å². The number of primary amides is 1. The Balaban J connectivity index is 1.89. The highest BCUT2D eigenvalue weighted by atomic mass is 79.9. The number of anilines is 1. The summed E-state index contributed by atoms with van der Waals surface area (Å²) in [5.74, 6) is -1.17. The van der Waals surface area contributed by atoms with E-state index in [0.717, 1.165) is 24.2 Å². The summed E-state index contributed by atoms with van der Waals surface area (Å²) >= 11 is 4.25. The van der Waals surface area contributed by atoms with E-state index < -0.39 is 18.2 Å². The lowest BCUT2D eigenvalue weighted by Crippen LogP contribution is -2.19. The van der Waals surface area contributed by atoms with E-state index >= 15 is 0 Å². The number of hydrogen-bond acceptors (Lipinski definition) is 5. The number of carbonyl (C=O) groups is 2. The summed E-state index contributed by atoms with van der Waals surface area (Å²) in [5.41, 5.74) is 6.93. The van der Waals surface area contributed by atoms with Gasteiger partial charge in [0.1, 0.15) is 21.1 Å². The van der Waals surface area contributed by atoms with Crippen LogP contribution in [0.1, 0.15) is 62.3 Å². The summed E-state index contributed by atoms with van der Waals surface area (Å²) in [6.45, 7) is 1.75. The number of alkyl halides is 2. The van der Waals surface area contributed by atoms with Crippen LogP contribution >= 0.6 is 27.3 Å². The van der Waals surface area contributed by atoms with Crippen LogP contribution in [0.5, 0.6) is 0 Å². The maximum atomic E-state index is 13.3. The quantitative estimate of drug-likeness (QED) is 0.565. The normalized spacial score (nSPS) is 14.0. The fourth-order valence-electron chi connectivity index (χ4n) is 3.32. The smallest absolute Gasteiger partial charge is 0.280 e. The molecule has 2 amide bonds. The third-order valence-electron chi connectivity index (χ3n) is 4.78. The number of aromatic nitrogens is 3. The Morgan fingerprint density at radius 3 is 2.62 bits per heavy atom. The first kappa shape index (κ1) is 19.9.